The number of carboxylic acid groups (broad SMARTS) is 1. The Labute approximate surface area is 113 Å². The Balaban J connectivity index is 2.33. The first-order valence-electron chi connectivity index (χ1n) is 5.67. The Morgan fingerprint density at radius 2 is 1.75 bits per heavy atom. The lowest BCUT2D eigenvalue weighted by molar-refractivity contribution is 0.0692. The van der Waals surface area contributed by atoms with Crippen LogP contribution >= 0.6 is 0 Å². The number of carbonyl (C=O) groups excluding carboxylic acids is 1. The van der Waals surface area contributed by atoms with Gasteiger partial charge in [0.25, 0.3) is 5.91 Å². The standard InChI is InChI=1S/C14H11FN2O3/c15-8-5-6-11(16)12(7-8)17-13(18)9-3-1-2-4-10(9)14(19)20/h1-7H,16H2,(H,17,18)(H,19,20). The maximum absolute atomic E-state index is 13.1. The fraction of sp³-hybridized carbons (Fsp3) is 0. The number of hydrogen-bond donors (Lipinski definition) is 3. The van der Waals surface area contributed by atoms with Gasteiger partial charge in [-0.2, -0.15) is 0 Å². The van der Waals surface area contributed by atoms with Gasteiger partial charge in [-0.1, -0.05) is 12.1 Å². The van der Waals surface area contributed by atoms with Crippen LogP contribution in [-0.4, -0.2) is 17.0 Å². The lowest BCUT2D eigenvalue weighted by Gasteiger charge is -2.09. The van der Waals surface area contributed by atoms with Crippen LogP contribution in [0.25, 0.3) is 0 Å². The van der Waals surface area contributed by atoms with E-state index in [1.165, 1.54) is 30.3 Å². The van der Waals surface area contributed by atoms with E-state index in [0.29, 0.717) is 0 Å². The van der Waals surface area contributed by atoms with Crippen LogP contribution < -0.4 is 11.1 Å². The summed E-state index contributed by atoms with van der Waals surface area (Å²) in [6, 6.07) is 9.27. The molecule has 2 aromatic carbocycles. The average Bonchev–Trinajstić information content (AvgIpc) is 2.42. The molecule has 0 radical (unpaired) electrons. The van der Waals surface area contributed by atoms with Gasteiger partial charge < -0.3 is 16.2 Å². The van der Waals surface area contributed by atoms with Crippen molar-refractivity contribution in [2.75, 3.05) is 11.1 Å². The molecule has 1 amide bonds. The molecule has 5 nitrogen and oxygen atoms in total. The Morgan fingerprint density at radius 1 is 1.10 bits per heavy atom. The first kappa shape index (κ1) is 13.5. The van der Waals surface area contributed by atoms with Gasteiger partial charge >= 0.3 is 5.97 Å². The molecule has 0 heterocycles. The molecule has 102 valence electrons. The van der Waals surface area contributed by atoms with E-state index in [0.717, 1.165) is 12.1 Å². The first-order valence-corrected chi connectivity index (χ1v) is 5.67. The molecule has 0 atom stereocenters. The van der Waals surface area contributed by atoms with Crippen LogP contribution in [0.5, 0.6) is 0 Å². The summed E-state index contributed by atoms with van der Waals surface area (Å²) in [6.07, 6.45) is 0. The number of nitrogens with two attached hydrogens (primary N) is 1. The van der Waals surface area contributed by atoms with E-state index in [2.05, 4.69) is 5.32 Å². The van der Waals surface area contributed by atoms with Gasteiger partial charge in [0.05, 0.1) is 22.5 Å². The van der Waals surface area contributed by atoms with E-state index < -0.39 is 17.7 Å². The van der Waals surface area contributed by atoms with Crippen LogP contribution in [-0.2, 0) is 0 Å². The third-order valence-electron chi connectivity index (χ3n) is 2.67. The number of carboxylic acids is 1. The number of halogens is 1. The molecular weight excluding hydrogens is 263 g/mol. The zero-order valence-corrected chi connectivity index (χ0v) is 10.3. The number of hydrogen-bond acceptors (Lipinski definition) is 3. The molecule has 0 aromatic heterocycles. The van der Waals surface area contributed by atoms with Crippen molar-refractivity contribution in [3.8, 4) is 0 Å². The quantitative estimate of drug-likeness (QED) is 0.749. The fourth-order valence-corrected chi connectivity index (χ4v) is 1.69. The van der Waals surface area contributed by atoms with Crippen molar-refractivity contribution in [3.63, 3.8) is 0 Å². The molecule has 2 aromatic rings. The summed E-state index contributed by atoms with van der Waals surface area (Å²) in [4.78, 5) is 23.1. The summed E-state index contributed by atoms with van der Waals surface area (Å²) in [7, 11) is 0. The molecule has 0 aliphatic rings. The highest BCUT2D eigenvalue weighted by molar-refractivity contribution is 6.11. The molecule has 0 saturated carbocycles. The van der Waals surface area contributed by atoms with Crippen LogP contribution in [0.3, 0.4) is 0 Å². The molecule has 0 fully saturated rings. The second-order valence-corrected chi connectivity index (χ2v) is 4.04. The minimum atomic E-state index is -1.22. The number of nitrogens with one attached hydrogen (secondary N) is 1. The Bertz CT molecular complexity index is 686. The van der Waals surface area contributed by atoms with Crippen LogP contribution in [0, 0.1) is 5.82 Å². The number of amides is 1. The molecule has 0 aliphatic heterocycles. The van der Waals surface area contributed by atoms with Crippen molar-refractivity contribution >= 4 is 23.3 Å². The average molecular weight is 274 g/mol. The Hall–Kier alpha value is -2.89. The number of nitrogen functional groups attached to an aromatic ring is 1. The van der Waals surface area contributed by atoms with Crippen LogP contribution in [0.2, 0.25) is 0 Å². The molecule has 6 heteroatoms. The van der Waals surface area contributed by atoms with Gasteiger partial charge in [-0.05, 0) is 30.3 Å². The zero-order chi connectivity index (χ0) is 14.7. The van der Waals surface area contributed by atoms with Crippen LogP contribution in [0.15, 0.2) is 42.5 Å². The highest BCUT2D eigenvalue weighted by Crippen LogP contribution is 2.20. The van der Waals surface area contributed by atoms with Crippen LogP contribution in [0.4, 0.5) is 15.8 Å². The summed E-state index contributed by atoms with van der Waals surface area (Å²) < 4.78 is 13.1. The molecule has 0 bridgehead atoms. The Kier molecular flexibility index (Phi) is 3.65. The van der Waals surface area contributed by atoms with Crippen molar-refractivity contribution in [2.24, 2.45) is 0 Å². The molecule has 20 heavy (non-hydrogen) atoms. The number of benzene rings is 2. The van der Waals surface area contributed by atoms with Crippen LogP contribution in [0.1, 0.15) is 20.7 Å². The molecular formula is C14H11FN2O3. The number of rotatable bonds is 3. The third-order valence-corrected chi connectivity index (χ3v) is 2.67. The highest BCUT2D eigenvalue weighted by Gasteiger charge is 2.16. The van der Waals surface area contributed by atoms with Gasteiger partial charge in [0, 0.05) is 0 Å². The van der Waals surface area contributed by atoms with Crippen molar-refractivity contribution in [1.29, 1.82) is 0 Å². The van der Waals surface area contributed by atoms with E-state index >= 15 is 0 Å². The maximum atomic E-state index is 13.1. The maximum Gasteiger partial charge on any atom is 0.336 e. The minimum absolute atomic E-state index is 0.0244. The predicted octanol–water partition coefficient (Wildman–Crippen LogP) is 2.36. The van der Waals surface area contributed by atoms with Gasteiger partial charge in [-0.15, -0.1) is 0 Å². The van der Waals surface area contributed by atoms with E-state index in [1.807, 2.05) is 0 Å². The van der Waals surface area contributed by atoms with Gasteiger partial charge in [0.15, 0.2) is 0 Å². The van der Waals surface area contributed by atoms with Crippen molar-refractivity contribution < 1.29 is 19.1 Å². The zero-order valence-electron chi connectivity index (χ0n) is 10.3. The topological polar surface area (TPSA) is 92.4 Å². The smallest absolute Gasteiger partial charge is 0.336 e. The molecule has 0 saturated heterocycles. The monoisotopic (exact) mass is 274 g/mol. The second kappa shape index (κ2) is 5.40. The SMILES string of the molecule is Nc1ccc(F)cc1NC(=O)c1ccccc1C(=O)O. The number of anilines is 2. The summed E-state index contributed by atoms with van der Waals surface area (Å²) in [5.41, 5.74) is 5.73. The molecule has 2 rings (SSSR count). The fourth-order valence-electron chi connectivity index (χ4n) is 1.69. The molecule has 4 N–H and O–H groups in total. The highest BCUT2D eigenvalue weighted by atomic mass is 19.1. The van der Waals surface area contributed by atoms with E-state index in [-0.39, 0.29) is 22.5 Å². The summed E-state index contributed by atoms with van der Waals surface area (Å²) in [5.74, 6) is -2.44. The van der Waals surface area contributed by atoms with Crippen molar-refractivity contribution in [3.05, 3.63) is 59.4 Å². The third kappa shape index (κ3) is 2.74. The van der Waals surface area contributed by atoms with Gasteiger partial charge in [-0.3, -0.25) is 4.79 Å². The normalized spacial score (nSPS) is 10.1. The first-order chi connectivity index (χ1) is 9.49. The second-order valence-electron chi connectivity index (χ2n) is 4.04. The molecule has 0 aliphatic carbocycles. The minimum Gasteiger partial charge on any atom is -0.478 e. The van der Waals surface area contributed by atoms with Gasteiger partial charge in [-0.25, -0.2) is 9.18 Å². The molecule has 0 spiro atoms. The van der Waals surface area contributed by atoms with Crippen molar-refractivity contribution in [1.82, 2.24) is 0 Å². The molecule has 0 unspecified atom stereocenters. The lowest BCUT2D eigenvalue weighted by Crippen LogP contribution is -2.17. The number of aromatic carboxylic acids is 1. The van der Waals surface area contributed by atoms with Gasteiger partial charge in [0.2, 0.25) is 0 Å². The van der Waals surface area contributed by atoms with Crippen molar-refractivity contribution in [2.45, 2.75) is 0 Å². The van der Waals surface area contributed by atoms with E-state index in [1.54, 1.807) is 0 Å². The predicted molar refractivity (Wildman–Crippen MR) is 72.2 cm³/mol. The van der Waals surface area contributed by atoms with Gasteiger partial charge in [0.1, 0.15) is 5.82 Å². The summed E-state index contributed by atoms with van der Waals surface area (Å²) in [6.45, 7) is 0. The lowest BCUT2D eigenvalue weighted by atomic mass is 10.1. The number of carbonyl (C=O) groups is 2. The summed E-state index contributed by atoms with van der Waals surface area (Å²) in [5, 5.41) is 11.4. The largest absolute Gasteiger partial charge is 0.478 e. The summed E-state index contributed by atoms with van der Waals surface area (Å²) >= 11 is 0. The van der Waals surface area contributed by atoms with E-state index in [4.69, 9.17) is 10.8 Å². The Morgan fingerprint density at radius 3 is 2.40 bits per heavy atom. The van der Waals surface area contributed by atoms with E-state index in [9.17, 15) is 14.0 Å².